The van der Waals surface area contributed by atoms with E-state index in [9.17, 15) is 0 Å². The fraction of sp³-hybridized carbons (Fsp3) is 0.933. The maximum absolute atomic E-state index is 2.59. The van der Waals surface area contributed by atoms with Crippen LogP contribution in [0.15, 0.2) is 12.3 Å². The van der Waals surface area contributed by atoms with Crippen LogP contribution in [-0.2, 0) is 0 Å². The molecule has 31 heavy (non-hydrogen) atoms. The molecule has 1 nitrogen and oxygen atoms in total. The summed E-state index contributed by atoms with van der Waals surface area (Å²) in [4.78, 5) is 2.59. The maximum Gasteiger partial charge on any atom is 0.0172 e. The molecule has 0 aromatic rings. The normalized spacial score (nSPS) is 11.6. The molecular formula is C30H61N. The van der Waals surface area contributed by atoms with Crippen molar-refractivity contribution >= 4 is 0 Å². The van der Waals surface area contributed by atoms with Crippen LogP contribution in [0.25, 0.3) is 0 Å². The Kier molecular flexibility index (Phi) is 27.2. The molecule has 0 aliphatic carbocycles. The van der Waals surface area contributed by atoms with Gasteiger partial charge in [0, 0.05) is 13.1 Å². The summed E-state index contributed by atoms with van der Waals surface area (Å²) >= 11 is 0. The van der Waals surface area contributed by atoms with Gasteiger partial charge in [-0.05, 0) is 25.5 Å². The fourth-order valence-corrected chi connectivity index (χ4v) is 4.47. The molecule has 0 heterocycles. The highest BCUT2D eigenvalue weighted by Crippen LogP contribution is 2.14. The lowest BCUT2D eigenvalue weighted by atomic mass is 10.0. The van der Waals surface area contributed by atoms with Crippen molar-refractivity contribution in [3.05, 3.63) is 12.3 Å². The third-order valence-electron chi connectivity index (χ3n) is 6.65. The molecular weight excluding hydrogens is 374 g/mol. The summed E-state index contributed by atoms with van der Waals surface area (Å²) < 4.78 is 0. The van der Waals surface area contributed by atoms with E-state index >= 15 is 0 Å². The first-order valence-corrected chi connectivity index (χ1v) is 14.8. The van der Waals surface area contributed by atoms with E-state index in [0.717, 1.165) is 6.42 Å². The molecule has 0 aromatic heterocycles. The molecule has 0 rings (SSSR count). The Morgan fingerprint density at radius 2 is 0.677 bits per heavy atom. The van der Waals surface area contributed by atoms with Crippen LogP contribution in [0.3, 0.4) is 0 Å². The number of allylic oxidation sites excluding steroid dienone is 1. The predicted octanol–water partition coefficient (Wildman–Crippen LogP) is 10.8. The van der Waals surface area contributed by atoms with Crippen LogP contribution in [-0.4, -0.2) is 18.0 Å². The second-order valence-corrected chi connectivity index (χ2v) is 9.90. The second kappa shape index (κ2) is 27.6. The largest absolute Gasteiger partial charge is 0.378 e. The summed E-state index contributed by atoms with van der Waals surface area (Å²) in [5.41, 5.74) is 0. The van der Waals surface area contributed by atoms with Crippen molar-refractivity contribution in [2.75, 3.05) is 13.1 Å². The lowest BCUT2D eigenvalue weighted by molar-refractivity contribution is 0.348. The molecule has 0 aliphatic rings. The molecule has 0 fully saturated rings. The zero-order valence-corrected chi connectivity index (χ0v) is 22.3. The summed E-state index contributed by atoms with van der Waals surface area (Å²) in [7, 11) is 0. The average molecular weight is 436 g/mol. The molecule has 0 aliphatic heterocycles. The van der Waals surface area contributed by atoms with Gasteiger partial charge in [0.1, 0.15) is 0 Å². The molecule has 0 unspecified atom stereocenters. The van der Waals surface area contributed by atoms with E-state index in [4.69, 9.17) is 0 Å². The summed E-state index contributed by atoms with van der Waals surface area (Å²) in [5, 5.41) is 0. The predicted molar refractivity (Wildman–Crippen MR) is 144 cm³/mol. The number of hydrogen-bond donors (Lipinski definition) is 0. The van der Waals surface area contributed by atoms with Crippen LogP contribution in [0, 0.1) is 0 Å². The second-order valence-electron chi connectivity index (χ2n) is 9.90. The molecule has 0 amide bonds. The van der Waals surface area contributed by atoms with Crippen LogP contribution in [0.4, 0.5) is 0 Å². The summed E-state index contributed by atoms with van der Waals surface area (Å²) in [5.74, 6) is 0. The zero-order valence-electron chi connectivity index (χ0n) is 22.3. The van der Waals surface area contributed by atoms with Gasteiger partial charge in [-0.1, -0.05) is 155 Å². The van der Waals surface area contributed by atoms with Gasteiger partial charge in [0.05, 0.1) is 0 Å². The highest BCUT2D eigenvalue weighted by Gasteiger charge is 2.00. The third kappa shape index (κ3) is 25.7. The van der Waals surface area contributed by atoms with E-state index in [1.54, 1.807) is 0 Å². The van der Waals surface area contributed by atoms with E-state index in [2.05, 4.69) is 37.9 Å². The molecule has 0 saturated carbocycles. The number of nitrogens with zero attached hydrogens (tertiary/aromatic N) is 1. The number of rotatable bonds is 26. The van der Waals surface area contributed by atoms with E-state index in [0.29, 0.717) is 0 Å². The minimum Gasteiger partial charge on any atom is -0.378 e. The highest BCUT2D eigenvalue weighted by molar-refractivity contribution is 4.81. The van der Waals surface area contributed by atoms with Gasteiger partial charge in [-0.25, -0.2) is 0 Å². The van der Waals surface area contributed by atoms with Gasteiger partial charge < -0.3 is 4.90 Å². The Bertz CT molecular complexity index is 335. The van der Waals surface area contributed by atoms with Gasteiger partial charge >= 0.3 is 0 Å². The topological polar surface area (TPSA) is 3.24 Å². The van der Waals surface area contributed by atoms with Crippen molar-refractivity contribution in [2.45, 2.75) is 168 Å². The van der Waals surface area contributed by atoms with Crippen LogP contribution < -0.4 is 0 Å². The van der Waals surface area contributed by atoms with Crippen molar-refractivity contribution in [3.63, 3.8) is 0 Å². The van der Waals surface area contributed by atoms with E-state index < -0.39 is 0 Å². The van der Waals surface area contributed by atoms with Crippen molar-refractivity contribution in [1.82, 2.24) is 4.90 Å². The first-order valence-electron chi connectivity index (χ1n) is 14.8. The van der Waals surface area contributed by atoms with Crippen LogP contribution in [0.5, 0.6) is 0 Å². The first-order chi connectivity index (χ1) is 15.3. The smallest absolute Gasteiger partial charge is 0.0172 e. The lowest BCUT2D eigenvalue weighted by Gasteiger charge is -2.20. The average Bonchev–Trinajstić information content (AvgIpc) is 2.78. The number of hydrogen-bond acceptors (Lipinski definition) is 1. The Hall–Kier alpha value is -0.460. The van der Waals surface area contributed by atoms with Gasteiger partial charge in [0.15, 0.2) is 0 Å². The zero-order chi connectivity index (χ0) is 22.7. The summed E-state index contributed by atoms with van der Waals surface area (Å²) in [6.07, 6.45) is 37.5. The van der Waals surface area contributed by atoms with Crippen LogP contribution >= 0.6 is 0 Å². The van der Waals surface area contributed by atoms with Crippen molar-refractivity contribution in [1.29, 1.82) is 0 Å². The van der Waals surface area contributed by atoms with Gasteiger partial charge in [-0.15, -0.1) is 0 Å². The molecule has 1 heteroatoms. The molecule has 0 spiro atoms. The highest BCUT2D eigenvalue weighted by atomic mass is 15.1. The Morgan fingerprint density at radius 1 is 0.387 bits per heavy atom. The van der Waals surface area contributed by atoms with E-state index in [1.807, 2.05) is 0 Å². The SMILES string of the molecule is CCC=CN(CCCCCCCC)CCCCCCCCCCCCCCCCCC. The van der Waals surface area contributed by atoms with Gasteiger partial charge in [-0.2, -0.15) is 0 Å². The number of unbranched alkanes of at least 4 members (excludes halogenated alkanes) is 20. The molecule has 0 N–H and O–H groups in total. The lowest BCUT2D eigenvalue weighted by Crippen LogP contribution is -2.20. The van der Waals surface area contributed by atoms with E-state index in [1.165, 1.54) is 154 Å². The molecule has 0 saturated heterocycles. The first kappa shape index (κ1) is 30.5. The quantitative estimate of drug-likeness (QED) is 0.122. The Balaban J connectivity index is 3.43. The van der Waals surface area contributed by atoms with Crippen molar-refractivity contribution < 1.29 is 0 Å². The van der Waals surface area contributed by atoms with Crippen LogP contribution in [0.1, 0.15) is 168 Å². The Labute approximate surface area is 198 Å². The Morgan fingerprint density at radius 3 is 0.968 bits per heavy atom. The maximum atomic E-state index is 2.59. The summed E-state index contributed by atoms with van der Waals surface area (Å²) in [6.45, 7) is 9.38. The van der Waals surface area contributed by atoms with Crippen molar-refractivity contribution in [2.24, 2.45) is 0 Å². The minimum atomic E-state index is 1.16. The van der Waals surface area contributed by atoms with Crippen LogP contribution in [0.2, 0.25) is 0 Å². The van der Waals surface area contributed by atoms with Gasteiger partial charge in [0.25, 0.3) is 0 Å². The molecule has 186 valence electrons. The summed E-state index contributed by atoms with van der Waals surface area (Å²) in [6, 6.07) is 0. The standard InChI is InChI=1S/C30H61N/c1-4-7-10-12-14-15-16-17-18-19-20-21-22-23-25-27-30-31(28-9-6-3)29-26-24-13-11-8-5-2/h9,28H,4-8,10-27,29-30H2,1-3H3. The van der Waals surface area contributed by atoms with Gasteiger partial charge in [-0.3, -0.25) is 0 Å². The van der Waals surface area contributed by atoms with E-state index in [-0.39, 0.29) is 0 Å². The van der Waals surface area contributed by atoms with Gasteiger partial charge in [0.2, 0.25) is 0 Å². The molecule has 0 radical (unpaired) electrons. The fourth-order valence-electron chi connectivity index (χ4n) is 4.47. The van der Waals surface area contributed by atoms with Crippen molar-refractivity contribution in [3.8, 4) is 0 Å². The minimum absolute atomic E-state index is 1.16. The molecule has 0 bridgehead atoms. The monoisotopic (exact) mass is 435 g/mol. The molecule has 0 atom stereocenters. The molecule has 0 aromatic carbocycles. The third-order valence-corrected chi connectivity index (χ3v) is 6.65.